The van der Waals surface area contributed by atoms with Gasteiger partial charge in [0, 0.05) is 0 Å². The normalized spacial score (nSPS) is 25.7. The van der Waals surface area contributed by atoms with E-state index in [4.69, 9.17) is 23.7 Å². The zero-order valence-electron chi connectivity index (χ0n) is 20.0. The highest BCUT2D eigenvalue weighted by atomic mass is 79.9. The molecule has 0 bridgehead atoms. The molecular formula is C22H35BrO9. The maximum Gasteiger partial charge on any atom is 0.308 e. The van der Waals surface area contributed by atoms with Gasteiger partial charge in [-0.15, -0.1) is 0 Å². The van der Waals surface area contributed by atoms with Crippen molar-refractivity contribution >= 4 is 39.8 Å². The molecule has 0 radical (unpaired) electrons. The van der Waals surface area contributed by atoms with Crippen LogP contribution in [0.4, 0.5) is 0 Å². The third-order valence-corrected chi connectivity index (χ3v) is 5.35. The predicted octanol–water partition coefficient (Wildman–Crippen LogP) is 3.01. The lowest BCUT2D eigenvalue weighted by atomic mass is 9.98. The highest BCUT2D eigenvalue weighted by molar-refractivity contribution is 9.09. The van der Waals surface area contributed by atoms with E-state index in [-0.39, 0.29) is 12.5 Å². The molecule has 1 heterocycles. The van der Waals surface area contributed by atoms with Crippen LogP contribution in [0.25, 0.3) is 0 Å². The fourth-order valence-corrected chi connectivity index (χ4v) is 3.23. The van der Waals surface area contributed by atoms with Crippen molar-refractivity contribution in [3.8, 4) is 0 Å². The van der Waals surface area contributed by atoms with Gasteiger partial charge >= 0.3 is 23.9 Å². The van der Waals surface area contributed by atoms with Gasteiger partial charge in [0.05, 0.1) is 23.7 Å². The SMILES string of the molecule is CC(C)C(=O)OC[C@H]1O[C@H](Br)[C@H](OC(=O)C(C)C)[C@@H](OC(=O)C(C)C)[C@H]1OC(=O)C(C)C. The molecule has 1 fully saturated rings. The number of halogens is 1. The molecule has 184 valence electrons. The molecule has 10 heteroatoms. The van der Waals surface area contributed by atoms with Crippen LogP contribution >= 0.6 is 15.9 Å². The minimum Gasteiger partial charge on any atom is -0.463 e. The number of carbonyl (C=O) groups excluding carboxylic acids is 4. The van der Waals surface area contributed by atoms with Crippen molar-refractivity contribution in [1.82, 2.24) is 0 Å². The summed E-state index contributed by atoms with van der Waals surface area (Å²) in [6.07, 6.45) is -4.37. The molecule has 32 heavy (non-hydrogen) atoms. The Hall–Kier alpha value is -1.68. The fourth-order valence-electron chi connectivity index (χ4n) is 2.54. The van der Waals surface area contributed by atoms with Crippen molar-refractivity contribution in [3.05, 3.63) is 0 Å². The van der Waals surface area contributed by atoms with Crippen LogP contribution in [-0.2, 0) is 42.9 Å². The van der Waals surface area contributed by atoms with Gasteiger partial charge in [-0.2, -0.15) is 0 Å². The lowest BCUT2D eigenvalue weighted by Crippen LogP contribution is -2.61. The Balaban J connectivity index is 3.32. The first-order valence-corrected chi connectivity index (χ1v) is 11.7. The molecule has 0 aromatic rings. The number of alkyl halides is 1. The zero-order chi connectivity index (χ0) is 24.7. The molecule has 1 aliphatic heterocycles. The van der Waals surface area contributed by atoms with E-state index in [0.29, 0.717) is 0 Å². The summed E-state index contributed by atoms with van der Waals surface area (Å²) in [5.74, 6) is -3.90. The number of carbonyl (C=O) groups is 4. The van der Waals surface area contributed by atoms with Crippen LogP contribution < -0.4 is 0 Å². The van der Waals surface area contributed by atoms with E-state index in [0.717, 1.165) is 0 Å². The second kappa shape index (κ2) is 12.5. The molecule has 1 aliphatic rings. The molecule has 0 aromatic heterocycles. The summed E-state index contributed by atoms with van der Waals surface area (Å²) >= 11 is 3.33. The highest BCUT2D eigenvalue weighted by Crippen LogP contribution is 2.33. The molecule has 0 saturated carbocycles. The molecule has 5 atom stereocenters. The predicted molar refractivity (Wildman–Crippen MR) is 118 cm³/mol. The Kier molecular flexibility index (Phi) is 11.1. The summed E-state index contributed by atoms with van der Waals surface area (Å²) in [6, 6.07) is 0. The van der Waals surface area contributed by atoms with Crippen LogP contribution in [0, 0.1) is 23.7 Å². The monoisotopic (exact) mass is 522 g/mol. The Morgan fingerprint density at radius 1 is 0.656 bits per heavy atom. The third-order valence-electron chi connectivity index (χ3n) is 4.61. The van der Waals surface area contributed by atoms with E-state index in [1.165, 1.54) is 0 Å². The summed E-state index contributed by atoms with van der Waals surface area (Å²) in [4.78, 5) is 49.2. The van der Waals surface area contributed by atoms with Gasteiger partial charge in [0.25, 0.3) is 0 Å². The lowest BCUT2D eigenvalue weighted by Gasteiger charge is -2.43. The van der Waals surface area contributed by atoms with E-state index in [1.807, 2.05) is 0 Å². The van der Waals surface area contributed by atoms with Crippen molar-refractivity contribution in [2.45, 2.75) is 84.8 Å². The molecule has 0 spiro atoms. The van der Waals surface area contributed by atoms with Gasteiger partial charge in [0.1, 0.15) is 12.7 Å². The zero-order valence-corrected chi connectivity index (χ0v) is 21.5. The van der Waals surface area contributed by atoms with Gasteiger partial charge in [0.15, 0.2) is 23.3 Å². The summed E-state index contributed by atoms with van der Waals surface area (Å²) < 4.78 is 28.0. The first-order chi connectivity index (χ1) is 14.8. The van der Waals surface area contributed by atoms with Crippen molar-refractivity contribution in [2.75, 3.05) is 6.61 Å². The number of esters is 4. The Bertz CT molecular complexity index is 674. The first-order valence-electron chi connectivity index (χ1n) is 10.8. The maximum absolute atomic E-state index is 12.5. The Labute approximate surface area is 197 Å². The van der Waals surface area contributed by atoms with Crippen molar-refractivity contribution in [3.63, 3.8) is 0 Å². The lowest BCUT2D eigenvalue weighted by molar-refractivity contribution is -0.241. The van der Waals surface area contributed by atoms with Gasteiger partial charge in [-0.25, -0.2) is 0 Å². The first kappa shape index (κ1) is 28.4. The van der Waals surface area contributed by atoms with E-state index in [2.05, 4.69) is 15.9 Å². The molecular weight excluding hydrogens is 488 g/mol. The molecule has 0 unspecified atom stereocenters. The van der Waals surface area contributed by atoms with Crippen molar-refractivity contribution in [2.24, 2.45) is 23.7 Å². The molecule has 0 aliphatic carbocycles. The molecule has 0 aromatic carbocycles. The Morgan fingerprint density at radius 3 is 1.44 bits per heavy atom. The summed E-state index contributed by atoms with van der Waals surface area (Å²) in [5, 5.41) is -0.896. The van der Waals surface area contributed by atoms with Crippen LogP contribution in [0.2, 0.25) is 0 Å². The molecule has 0 amide bonds. The smallest absolute Gasteiger partial charge is 0.308 e. The average Bonchev–Trinajstić information content (AvgIpc) is 2.69. The molecule has 9 nitrogen and oxygen atoms in total. The molecule has 1 rings (SSSR count). The minimum absolute atomic E-state index is 0.240. The van der Waals surface area contributed by atoms with Gasteiger partial charge in [-0.3, -0.25) is 19.2 Å². The standard InChI is InChI=1S/C22H35BrO9/c1-10(2)19(24)28-9-14-15(30-20(25)11(3)4)16(31-21(26)12(5)6)17(18(23)29-14)32-22(27)13(7)8/h10-18H,9H2,1-8H3/t14-,15+,16+,17-,18+/m1/s1. The summed E-state index contributed by atoms with van der Waals surface area (Å²) in [7, 11) is 0. The molecule has 1 saturated heterocycles. The number of hydrogen-bond donors (Lipinski definition) is 0. The van der Waals surface area contributed by atoms with Gasteiger partial charge in [0.2, 0.25) is 0 Å². The van der Waals surface area contributed by atoms with Gasteiger partial charge in [-0.1, -0.05) is 71.3 Å². The van der Waals surface area contributed by atoms with E-state index in [9.17, 15) is 19.2 Å². The topological polar surface area (TPSA) is 114 Å². The summed E-state index contributed by atoms with van der Waals surface area (Å²) in [5.41, 5.74) is 0. The fraction of sp³-hybridized carbons (Fsp3) is 0.818. The van der Waals surface area contributed by atoms with E-state index >= 15 is 0 Å². The van der Waals surface area contributed by atoms with Crippen molar-refractivity contribution in [1.29, 1.82) is 0 Å². The van der Waals surface area contributed by atoms with Crippen LogP contribution in [0.15, 0.2) is 0 Å². The van der Waals surface area contributed by atoms with Gasteiger partial charge < -0.3 is 23.7 Å². The number of ether oxygens (including phenoxy) is 5. The van der Waals surface area contributed by atoms with Gasteiger partial charge in [-0.05, 0) is 0 Å². The quantitative estimate of drug-likeness (QED) is 0.256. The number of hydrogen-bond acceptors (Lipinski definition) is 9. The second-order valence-corrected chi connectivity index (χ2v) is 9.88. The minimum atomic E-state index is -1.17. The van der Waals surface area contributed by atoms with E-state index in [1.54, 1.807) is 55.4 Å². The van der Waals surface area contributed by atoms with Crippen LogP contribution in [-0.4, -0.2) is 59.9 Å². The molecule has 0 N–H and O–H groups in total. The van der Waals surface area contributed by atoms with Crippen molar-refractivity contribution < 1.29 is 42.9 Å². The van der Waals surface area contributed by atoms with Crippen LogP contribution in [0.5, 0.6) is 0 Å². The average molecular weight is 523 g/mol. The summed E-state index contributed by atoms with van der Waals surface area (Å²) in [6.45, 7) is 13.1. The van der Waals surface area contributed by atoms with E-state index < -0.39 is 71.1 Å². The van der Waals surface area contributed by atoms with Crippen LogP contribution in [0.3, 0.4) is 0 Å². The maximum atomic E-state index is 12.5. The largest absolute Gasteiger partial charge is 0.463 e. The highest BCUT2D eigenvalue weighted by Gasteiger charge is 2.52. The number of rotatable bonds is 9. The Morgan fingerprint density at radius 2 is 1.03 bits per heavy atom. The van der Waals surface area contributed by atoms with Crippen LogP contribution in [0.1, 0.15) is 55.4 Å². The second-order valence-electron chi connectivity index (χ2n) is 8.98. The third kappa shape index (κ3) is 8.03.